The Bertz CT molecular complexity index is 589. The Morgan fingerprint density at radius 1 is 1.00 bits per heavy atom. The lowest BCUT2D eigenvalue weighted by atomic mass is 9.95. The maximum Gasteiger partial charge on any atom is 0.416 e. The molecule has 0 unspecified atom stereocenters. The standard InChI is InChI=1S/C16H16F3NO.ClH/c17-16(18,19)13-8-4-7-12(10-13)15(20)14(21)9-11-5-2-1-3-6-11;/h1-8,10,14-15,21H,9,20H2;1H/t14-,15+;/m1./s1. The molecule has 22 heavy (non-hydrogen) atoms. The lowest BCUT2D eigenvalue weighted by molar-refractivity contribution is -0.137. The third-order valence-corrected chi connectivity index (χ3v) is 3.30. The van der Waals surface area contributed by atoms with Gasteiger partial charge in [-0.05, 0) is 23.3 Å². The molecule has 0 aromatic heterocycles. The van der Waals surface area contributed by atoms with Gasteiger partial charge in [-0.15, -0.1) is 12.4 Å². The van der Waals surface area contributed by atoms with Gasteiger partial charge < -0.3 is 10.8 Å². The minimum Gasteiger partial charge on any atom is -0.391 e. The summed E-state index contributed by atoms with van der Waals surface area (Å²) in [4.78, 5) is 0. The predicted octanol–water partition coefficient (Wildman–Crippen LogP) is 3.73. The third-order valence-electron chi connectivity index (χ3n) is 3.30. The molecule has 0 saturated heterocycles. The molecule has 2 atom stereocenters. The van der Waals surface area contributed by atoms with Crippen LogP contribution in [0.2, 0.25) is 0 Å². The Kier molecular flexibility index (Phi) is 6.41. The van der Waals surface area contributed by atoms with E-state index >= 15 is 0 Å². The fourth-order valence-electron chi connectivity index (χ4n) is 2.13. The highest BCUT2D eigenvalue weighted by Gasteiger charge is 2.31. The molecular formula is C16H17ClF3NO. The predicted molar refractivity (Wildman–Crippen MR) is 81.8 cm³/mol. The van der Waals surface area contributed by atoms with E-state index < -0.39 is 23.9 Å². The van der Waals surface area contributed by atoms with E-state index in [0.29, 0.717) is 0 Å². The molecule has 0 fully saturated rings. The maximum absolute atomic E-state index is 12.7. The fourth-order valence-corrected chi connectivity index (χ4v) is 2.13. The summed E-state index contributed by atoms with van der Waals surface area (Å²) in [6.07, 6.45) is -5.07. The van der Waals surface area contributed by atoms with Gasteiger partial charge in [-0.3, -0.25) is 0 Å². The molecule has 2 rings (SSSR count). The number of hydrogen-bond acceptors (Lipinski definition) is 2. The first-order valence-corrected chi connectivity index (χ1v) is 6.52. The zero-order valence-electron chi connectivity index (χ0n) is 11.6. The third kappa shape index (κ3) is 4.73. The van der Waals surface area contributed by atoms with Gasteiger partial charge in [0.05, 0.1) is 17.7 Å². The quantitative estimate of drug-likeness (QED) is 0.896. The first-order valence-electron chi connectivity index (χ1n) is 6.52. The van der Waals surface area contributed by atoms with E-state index in [2.05, 4.69) is 0 Å². The van der Waals surface area contributed by atoms with E-state index in [0.717, 1.165) is 17.7 Å². The second-order valence-corrected chi connectivity index (χ2v) is 4.91. The maximum atomic E-state index is 12.7. The molecule has 2 aromatic rings. The van der Waals surface area contributed by atoms with E-state index in [1.54, 1.807) is 0 Å². The molecule has 0 aliphatic heterocycles. The molecule has 0 aliphatic rings. The summed E-state index contributed by atoms with van der Waals surface area (Å²) in [7, 11) is 0. The summed E-state index contributed by atoms with van der Waals surface area (Å²) in [5, 5.41) is 10.1. The zero-order chi connectivity index (χ0) is 15.5. The number of rotatable bonds is 4. The topological polar surface area (TPSA) is 46.2 Å². The van der Waals surface area contributed by atoms with Gasteiger partial charge in [-0.1, -0.05) is 42.5 Å². The SMILES string of the molecule is Cl.N[C@@H](c1cccc(C(F)(F)F)c1)[C@H](O)Cc1ccccc1. The molecule has 0 bridgehead atoms. The molecule has 0 spiro atoms. The van der Waals surface area contributed by atoms with Crippen LogP contribution in [0, 0.1) is 0 Å². The summed E-state index contributed by atoms with van der Waals surface area (Å²) in [6.45, 7) is 0. The molecular weight excluding hydrogens is 315 g/mol. The van der Waals surface area contributed by atoms with Gasteiger partial charge in [0.1, 0.15) is 0 Å². The van der Waals surface area contributed by atoms with E-state index in [9.17, 15) is 18.3 Å². The Labute approximate surface area is 133 Å². The van der Waals surface area contributed by atoms with Crippen molar-refractivity contribution in [2.24, 2.45) is 5.73 Å². The van der Waals surface area contributed by atoms with Crippen molar-refractivity contribution >= 4 is 12.4 Å². The zero-order valence-corrected chi connectivity index (χ0v) is 12.4. The Morgan fingerprint density at radius 2 is 1.64 bits per heavy atom. The fraction of sp³-hybridized carbons (Fsp3) is 0.250. The largest absolute Gasteiger partial charge is 0.416 e. The summed E-state index contributed by atoms with van der Waals surface area (Å²) in [5.41, 5.74) is 6.27. The highest BCUT2D eigenvalue weighted by molar-refractivity contribution is 5.85. The van der Waals surface area contributed by atoms with Gasteiger partial charge in [0, 0.05) is 6.42 Å². The highest BCUT2D eigenvalue weighted by Crippen LogP contribution is 2.31. The van der Waals surface area contributed by atoms with Crippen LogP contribution in [0.15, 0.2) is 54.6 Å². The van der Waals surface area contributed by atoms with Crippen molar-refractivity contribution in [1.29, 1.82) is 0 Å². The minimum atomic E-state index is -4.42. The summed E-state index contributed by atoms with van der Waals surface area (Å²) in [5.74, 6) is 0. The smallest absolute Gasteiger partial charge is 0.391 e. The van der Waals surface area contributed by atoms with Crippen molar-refractivity contribution in [3.8, 4) is 0 Å². The first-order chi connectivity index (χ1) is 9.88. The Morgan fingerprint density at radius 3 is 2.23 bits per heavy atom. The second kappa shape index (κ2) is 7.63. The molecule has 0 heterocycles. The highest BCUT2D eigenvalue weighted by atomic mass is 35.5. The van der Waals surface area contributed by atoms with Crippen LogP contribution < -0.4 is 5.73 Å². The van der Waals surface area contributed by atoms with Gasteiger partial charge in [0.2, 0.25) is 0 Å². The summed E-state index contributed by atoms with van der Waals surface area (Å²) in [6, 6.07) is 13.1. The Balaban J connectivity index is 0.00000242. The lowest BCUT2D eigenvalue weighted by Crippen LogP contribution is -2.28. The first kappa shape index (κ1) is 18.5. The van der Waals surface area contributed by atoms with Crippen LogP contribution in [0.25, 0.3) is 0 Å². The molecule has 120 valence electrons. The van der Waals surface area contributed by atoms with E-state index in [4.69, 9.17) is 5.73 Å². The summed E-state index contributed by atoms with van der Waals surface area (Å²) >= 11 is 0. The van der Waals surface area contributed by atoms with Crippen LogP contribution in [-0.4, -0.2) is 11.2 Å². The number of aliphatic hydroxyl groups excluding tert-OH is 1. The summed E-state index contributed by atoms with van der Waals surface area (Å²) < 4.78 is 38.0. The van der Waals surface area contributed by atoms with Crippen molar-refractivity contribution in [3.63, 3.8) is 0 Å². The Hall–Kier alpha value is -1.56. The minimum absolute atomic E-state index is 0. The van der Waals surface area contributed by atoms with Gasteiger partial charge in [0.25, 0.3) is 0 Å². The van der Waals surface area contributed by atoms with Crippen LogP contribution in [-0.2, 0) is 12.6 Å². The van der Waals surface area contributed by atoms with Crippen LogP contribution in [0.4, 0.5) is 13.2 Å². The normalized spacial score (nSPS) is 14.0. The lowest BCUT2D eigenvalue weighted by Gasteiger charge is -2.20. The number of aliphatic hydroxyl groups is 1. The van der Waals surface area contributed by atoms with Crippen LogP contribution >= 0.6 is 12.4 Å². The van der Waals surface area contributed by atoms with Gasteiger partial charge in [-0.25, -0.2) is 0 Å². The number of hydrogen-bond donors (Lipinski definition) is 2. The monoisotopic (exact) mass is 331 g/mol. The second-order valence-electron chi connectivity index (χ2n) is 4.91. The van der Waals surface area contributed by atoms with E-state index in [1.165, 1.54) is 12.1 Å². The molecule has 3 N–H and O–H groups in total. The number of benzene rings is 2. The van der Waals surface area contributed by atoms with Crippen molar-refractivity contribution in [2.45, 2.75) is 24.7 Å². The molecule has 0 saturated carbocycles. The van der Waals surface area contributed by atoms with Gasteiger partial charge in [-0.2, -0.15) is 13.2 Å². The van der Waals surface area contributed by atoms with Crippen LogP contribution in [0.3, 0.4) is 0 Å². The average molecular weight is 332 g/mol. The van der Waals surface area contributed by atoms with E-state index in [1.807, 2.05) is 30.3 Å². The number of nitrogens with two attached hydrogens (primary N) is 1. The molecule has 6 heteroatoms. The average Bonchev–Trinajstić information content (AvgIpc) is 2.46. The van der Waals surface area contributed by atoms with Crippen LogP contribution in [0.5, 0.6) is 0 Å². The van der Waals surface area contributed by atoms with Gasteiger partial charge >= 0.3 is 6.18 Å². The molecule has 2 aromatic carbocycles. The molecule has 0 aliphatic carbocycles. The molecule has 0 radical (unpaired) electrons. The molecule has 0 amide bonds. The van der Waals surface area contributed by atoms with E-state index in [-0.39, 0.29) is 24.4 Å². The van der Waals surface area contributed by atoms with Crippen molar-refractivity contribution in [2.75, 3.05) is 0 Å². The van der Waals surface area contributed by atoms with Gasteiger partial charge in [0.15, 0.2) is 0 Å². The van der Waals surface area contributed by atoms with Crippen molar-refractivity contribution in [3.05, 3.63) is 71.3 Å². The van der Waals surface area contributed by atoms with Crippen LogP contribution in [0.1, 0.15) is 22.7 Å². The molecule has 2 nitrogen and oxygen atoms in total. The van der Waals surface area contributed by atoms with Crippen molar-refractivity contribution < 1.29 is 18.3 Å². The number of alkyl halides is 3. The number of halogens is 4. The van der Waals surface area contributed by atoms with Crippen molar-refractivity contribution in [1.82, 2.24) is 0 Å².